The molecule has 0 bridgehead atoms. The average Bonchev–Trinajstić information content (AvgIpc) is 2.48. The summed E-state index contributed by atoms with van der Waals surface area (Å²) in [4.78, 5) is 0. The number of nitrogens with zero attached hydrogens (tertiary/aromatic N) is 2. The zero-order valence-electron chi connectivity index (χ0n) is 12.3. The van der Waals surface area contributed by atoms with Crippen molar-refractivity contribution in [2.75, 3.05) is 27.3 Å². The Bertz CT molecular complexity index is 617. The summed E-state index contributed by atoms with van der Waals surface area (Å²) >= 11 is 0. The first kappa shape index (κ1) is 16.0. The standard InChI is InChI=1S/C15H20N2O3S/c1-17(2)21(18,19)15-7-8-20-11-14(15)9-12-3-5-13(10-16)6-4-12/h3-6,14-15H,7-9,11H2,1-2H3/t14-,15-/m1/s1. The third-order valence-corrected chi connectivity index (χ3v) is 6.28. The quantitative estimate of drug-likeness (QED) is 0.843. The lowest BCUT2D eigenvalue weighted by atomic mass is 9.93. The van der Waals surface area contributed by atoms with E-state index in [1.807, 2.05) is 12.1 Å². The van der Waals surface area contributed by atoms with Crippen LogP contribution in [0.25, 0.3) is 0 Å². The summed E-state index contributed by atoms with van der Waals surface area (Å²) in [7, 11) is -0.135. The smallest absolute Gasteiger partial charge is 0.216 e. The molecule has 5 nitrogen and oxygen atoms in total. The van der Waals surface area contributed by atoms with E-state index in [2.05, 4.69) is 6.07 Å². The maximum absolute atomic E-state index is 12.4. The zero-order chi connectivity index (χ0) is 15.5. The van der Waals surface area contributed by atoms with Gasteiger partial charge in [-0.25, -0.2) is 12.7 Å². The molecular formula is C15H20N2O3S. The van der Waals surface area contributed by atoms with E-state index in [4.69, 9.17) is 10.00 Å². The molecule has 1 fully saturated rings. The van der Waals surface area contributed by atoms with Crippen LogP contribution in [0.15, 0.2) is 24.3 Å². The van der Waals surface area contributed by atoms with Crippen molar-refractivity contribution in [3.05, 3.63) is 35.4 Å². The summed E-state index contributed by atoms with van der Waals surface area (Å²) in [6.07, 6.45) is 1.17. The van der Waals surface area contributed by atoms with Gasteiger partial charge in [0.15, 0.2) is 0 Å². The molecule has 1 aromatic carbocycles. The Morgan fingerprint density at radius 1 is 1.33 bits per heavy atom. The lowest BCUT2D eigenvalue weighted by Gasteiger charge is -2.33. The van der Waals surface area contributed by atoms with Gasteiger partial charge in [-0.2, -0.15) is 5.26 Å². The molecule has 1 heterocycles. The predicted octanol–water partition coefficient (Wildman–Crippen LogP) is 1.40. The predicted molar refractivity (Wildman–Crippen MR) is 80.2 cm³/mol. The molecule has 0 aromatic heterocycles. The van der Waals surface area contributed by atoms with E-state index < -0.39 is 15.3 Å². The fourth-order valence-electron chi connectivity index (χ4n) is 2.65. The SMILES string of the molecule is CN(C)S(=O)(=O)[C@@H]1CCOC[C@H]1Cc1ccc(C#N)cc1. The molecule has 2 atom stereocenters. The van der Waals surface area contributed by atoms with Gasteiger partial charge in [-0.05, 0) is 30.5 Å². The Morgan fingerprint density at radius 3 is 2.57 bits per heavy atom. The van der Waals surface area contributed by atoms with E-state index in [0.717, 1.165) is 5.56 Å². The van der Waals surface area contributed by atoms with Gasteiger partial charge in [-0.1, -0.05) is 12.1 Å². The molecule has 0 aliphatic carbocycles. The fourth-order valence-corrected chi connectivity index (χ4v) is 4.25. The molecule has 0 unspecified atom stereocenters. The van der Waals surface area contributed by atoms with E-state index >= 15 is 0 Å². The van der Waals surface area contributed by atoms with Crippen LogP contribution in [0.3, 0.4) is 0 Å². The van der Waals surface area contributed by atoms with Crippen LogP contribution < -0.4 is 0 Å². The van der Waals surface area contributed by atoms with Crippen LogP contribution in [-0.2, 0) is 21.2 Å². The molecule has 6 heteroatoms. The van der Waals surface area contributed by atoms with Gasteiger partial charge in [0.1, 0.15) is 0 Å². The highest BCUT2D eigenvalue weighted by Gasteiger charge is 2.37. The minimum Gasteiger partial charge on any atom is -0.381 e. The van der Waals surface area contributed by atoms with Crippen molar-refractivity contribution >= 4 is 10.0 Å². The van der Waals surface area contributed by atoms with Crippen molar-refractivity contribution in [1.82, 2.24) is 4.31 Å². The van der Waals surface area contributed by atoms with Crippen LogP contribution in [0.4, 0.5) is 0 Å². The summed E-state index contributed by atoms with van der Waals surface area (Å²) in [6.45, 7) is 0.944. The van der Waals surface area contributed by atoms with Crippen molar-refractivity contribution in [2.45, 2.75) is 18.1 Å². The number of nitriles is 1. The number of hydrogen-bond donors (Lipinski definition) is 0. The minimum absolute atomic E-state index is 0.0564. The molecule has 1 saturated heterocycles. The molecule has 114 valence electrons. The number of benzene rings is 1. The summed E-state index contributed by atoms with van der Waals surface area (Å²) in [6, 6.07) is 9.36. The molecular weight excluding hydrogens is 288 g/mol. The van der Waals surface area contributed by atoms with Crippen molar-refractivity contribution in [3.63, 3.8) is 0 Å². The van der Waals surface area contributed by atoms with Gasteiger partial charge in [-0.15, -0.1) is 0 Å². The number of rotatable bonds is 4. The Hall–Kier alpha value is -1.42. The van der Waals surface area contributed by atoms with Crippen LogP contribution in [-0.4, -0.2) is 45.3 Å². The van der Waals surface area contributed by atoms with E-state index in [-0.39, 0.29) is 5.92 Å². The van der Waals surface area contributed by atoms with Crippen LogP contribution in [0.2, 0.25) is 0 Å². The second-order valence-corrected chi connectivity index (χ2v) is 7.87. The van der Waals surface area contributed by atoms with Gasteiger partial charge in [0.2, 0.25) is 10.0 Å². The summed E-state index contributed by atoms with van der Waals surface area (Å²) in [5.41, 5.74) is 1.64. The van der Waals surface area contributed by atoms with Gasteiger partial charge in [0.05, 0.1) is 23.5 Å². The lowest BCUT2D eigenvalue weighted by Crippen LogP contribution is -2.44. The third-order valence-electron chi connectivity index (χ3n) is 3.88. The topological polar surface area (TPSA) is 70.4 Å². The number of sulfonamides is 1. The Morgan fingerprint density at radius 2 is 2.00 bits per heavy atom. The summed E-state index contributed by atoms with van der Waals surface area (Å²) in [5, 5.41) is 8.40. The van der Waals surface area contributed by atoms with E-state index in [1.54, 1.807) is 26.2 Å². The minimum atomic E-state index is -3.28. The number of hydrogen-bond acceptors (Lipinski definition) is 4. The van der Waals surface area contributed by atoms with Crippen molar-refractivity contribution in [2.24, 2.45) is 5.92 Å². The Labute approximate surface area is 126 Å². The van der Waals surface area contributed by atoms with Crippen molar-refractivity contribution in [3.8, 4) is 6.07 Å². The molecule has 0 amide bonds. The molecule has 0 N–H and O–H groups in total. The highest BCUT2D eigenvalue weighted by Crippen LogP contribution is 2.27. The lowest BCUT2D eigenvalue weighted by molar-refractivity contribution is 0.0563. The van der Waals surface area contributed by atoms with Crippen molar-refractivity contribution in [1.29, 1.82) is 5.26 Å². The molecule has 0 spiro atoms. The average molecular weight is 308 g/mol. The second kappa shape index (κ2) is 6.56. The molecule has 0 radical (unpaired) electrons. The first-order valence-corrected chi connectivity index (χ1v) is 8.43. The van der Waals surface area contributed by atoms with Gasteiger partial charge in [-0.3, -0.25) is 0 Å². The molecule has 1 aliphatic rings. The molecule has 0 saturated carbocycles. The first-order valence-electron chi connectivity index (χ1n) is 6.93. The Kier molecular flexibility index (Phi) is 4.99. The maximum Gasteiger partial charge on any atom is 0.216 e. The fraction of sp³-hybridized carbons (Fsp3) is 0.533. The van der Waals surface area contributed by atoms with Crippen molar-refractivity contribution < 1.29 is 13.2 Å². The second-order valence-electron chi connectivity index (χ2n) is 5.50. The first-order chi connectivity index (χ1) is 9.95. The van der Waals surface area contributed by atoms with Crippen LogP contribution >= 0.6 is 0 Å². The van der Waals surface area contributed by atoms with E-state index in [9.17, 15) is 8.42 Å². The largest absolute Gasteiger partial charge is 0.381 e. The highest BCUT2D eigenvalue weighted by molar-refractivity contribution is 7.89. The molecule has 1 aliphatic heterocycles. The van der Waals surface area contributed by atoms with Gasteiger partial charge < -0.3 is 4.74 Å². The summed E-state index contributed by atoms with van der Waals surface area (Å²) < 4.78 is 31.6. The third kappa shape index (κ3) is 3.62. The van der Waals surface area contributed by atoms with Crippen LogP contribution in [0, 0.1) is 17.2 Å². The zero-order valence-corrected chi connectivity index (χ0v) is 13.1. The van der Waals surface area contributed by atoms with Crippen LogP contribution in [0.1, 0.15) is 17.5 Å². The summed E-state index contributed by atoms with van der Waals surface area (Å²) in [5.74, 6) is -0.0564. The normalized spacial score (nSPS) is 23.0. The van der Waals surface area contributed by atoms with E-state index in [1.165, 1.54) is 4.31 Å². The van der Waals surface area contributed by atoms with Crippen LogP contribution in [0.5, 0.6) is 0 Å². The molecule has 2 rings (SSSR count). The maximum atomic E-state index is 12.4. The molecule has 1 aromatic rings. The molecule has 21 heavy (non-hydrogen) atoms. The monoisotopic (exact) mass is 308 g/mol. The number of ether oxygens (including phenoxy) is 1. The highest BCUT2D eigenvalue weighted by atomic mass is 32.2. The van der Waals surface area contributed by atoms with Gasteiger partial charge in [0, 0.05) is 26.6 Å². The van der Waals surface area contributed by atoms with Gasteiger partial charge >= 0.3 is 0 Å². The van der Waals surface area contributed by atoms with Gasteiger partial charge in [0.25, 0.3) is 0 Å². The van der Waals surface area contributed by atoms with E-state index in [0.29, 0.717) is 31.6 Å². The Balaban J connectivity index is 2.17.